The summed E-state index contributed by atoms with van der Waals surface area (Å²) < 4.78 is 0. The second-order valence-corrected chi connectivity index (χ2v) is 11.4. The van der Waals surface area contributed by atoms with Crippen LogP contribution in [0.4, 0.5) is 5.00 Å². The smallest absolute Gasteiger partial charge is 0.235 e. The second kappa shape index (κ2) is 9.88. The summed E-state index contributed by atoms with van der Waals surface area (Å²) in [5.74, 6) is 1.21. The fourth-order valence-electron chi connectivity index (χ4n) is 4.09. The third-order valence-corrected chi connectivity index (χ3v) is 8.83. The summed E-state index contributed by atoms with van der Waals surface area (Å²) in [5, 5.41) is 21.6. The van der Waals surface area contributed by atoms with Crippen molar-refractivity contribution in [3.05, 3.63) is 45.3 Å². The standard InChI is InChI=1S/C24H26ClN5OS2/c1-4-24(2,3)15-7-10-17-18(12-26)22(33-19(17)11-15)27-20(31)13-32-23-28-21(29-30-23)14-5-8-16(25)9-6-14/h5-6,8-9,15H,4,7,10-11,13H2,1-3H3,(H,27,31)(H,28,29,30)/t15-/m0/s1. The molecule has 2 aromatic heterocycles. The van der Waals surface area contributed by atoms with Gasteiger partial charge < -0.3 is 5.32 Å². The Bertz CT molecular complexity index is 1190. The summed E-state index contributed by atoms with van der Waals surface area (Å²) in [7, 11) is 0. The molecule has 4 rings (SSSR count). The molecule has 1 aliphatic rings. The van der Waals surface area contributed by atoms with E-state index in [4.69, 9.17) is 11.6 Å². The number of amides is 1. The van der Waals surface area contributed by atoms with E-state index in [1.807, 2.05) is 12.1 Å². The SMILES string of the molecule is CCC(C)(C)[C@H]1CCc2c(sc(NC(=O)CSc3n[nH]c(-c4ccc(Cl)cc4)n3)c2C#N)C1. The van der Waals surface area contributed by atoms with Crippen molar-refractivity contribution < 1.29 is 4.79 Å². The number of aromatic amines is 1. The minimum atomic E-state index is -0.168. The van der Waals surface area contributed by atoms with Crippen LogP contribution in [-0.2, 0) is 17.6 Å². The average Bonchev–Trinajstić information content (AvgIpc) is 3.41. The summed E-state index contributed by atoms with van der Waals surface area (Å²) in [6, 6.07) is 9.62. The van der Waals surface area contributed by atoms with Crippen molar-refractivity contribution in [1.82, 2.24) is 15.2 Å². The summed E-state index contributed by atoms with van der Waals surface area (Å²) >= 11 is 8.74. The van der Waals surface area contributed by atoms with E-state index in [2.05, 4.69) is 47.3 Å². The number of hydrogen-bond acceptors (Lipinski definition) is 6. The van der Waals surface area contributed by atoms with Gasteiger partial charge in [-0.1, -0.05) is 50.6 Å². The van der Waals surface area contributed by atoms with E-state index in [1.165, 1.54) is 16.6 Å². The zero-order valence-electron chi connectivity index (χ0n) is 18.9. The van der Waals surface area contributed by atoms with Crippen molar-refractivity contribution in [3.63, 3.8) is 0 Å². The number of halogens is 1. The summed E-state index contributed by atoms with van der Waals surface area (Å²) in [5.41, 5.74) is 2.89. The first-order chi connectivity index (χ1) is 15.8. The zero-order valence-corrected chi connectivity index (χ0v) is 21.3. The largest absolute Gasteiger partial charge is 0.316 e. The van der Waals surface area contributed by atoms with Gasteiger partial charge in [-0.25, -0.2) is 4.98 Å². The molecule has 0 fully saturated rings. The molecule has 0 radical (unpaired) electrons. The quantitative estimate of drug-likeness (QED) is 0.370. The van der Waals surface area contributed by atoms with Crippen molar-refractivity contribution in [2.75, 3.05) is 11.1 Å². The Morgan fingerprint density at radius 2 is 2.15 bits per heavy atom. The lowest BCUT2D eigenvalue weighted by Crippen LogP contribution is -2.28. The van der Waals surface area contributed by atoms with Crippen molar-refractivity contribution in [2.45, 2.75) is 51.6 Å². The van der Waals surface area contributed by atoms with Crippen molar-refractivity contribution >= 4 is 45.6 Å². The van der Waals surface area contributed by atoms with Crippen LogP contribution in [-0.4, -0.2) is 26.8 Å². The van der Waals surface area contributed by atoms with Gasteiger partial charge in [-0.05, 0) is 60.4 Å². The molecule has 1 amide bonds. The molecular formula is C24H26ClN5OS2. The average molecular weight is 500 g/mol. The van der Waals surface area contributed by atoms with Gasteiger partial charge in [0, 0.05) is 15.5 Å². The summed E-state index contributed by atoms with van der Waals surface area (Å²) in [6.45, 7) is 6.88. The van der Waals surface area contributed by atoms with Gasteiger partial charge in [0.05, 0.1) is 11.3 Å². The highest BCUT2D eigenvalue weighted by Crippen LogP contribution is 2.45. The van der Waals surface area contributed by atoms with Gasteiger partial charge in [0.15, 0.2) is 5.82 Å². The number of benzene rings is 1. The molecule has 9 heteroatoms. The minimum absolute atomic E-state index is 0.164. The second-order valence-electron chi connectivity index (χ2n) is 8.91. The van der Waals surface area contributed by atoms with E-state index < -0.39 is 0 Å². The molecule has 0 saturated heterocycles. The molecule has 1 atom stereocenters. The fourth-order valence-corrected chi connectivity index (χ4v) is 6.11. The van der Waals surface area contributed by atoms with Crippen LogP contribution in [0, 0.1) is 22.7 Å². The van der Waals surface area contributed by atoms with E-state index in [0.29, 0.717) is 32.5 Å². The minimum Gasteiger partial charge on any atom is -0.316 e. The van der Waals surface area contributed by atoms with E-state index in [0.717, 1.165) is 36.8 Å². The topological polar surface area (TPSA) is 94.5 Å². The number of H-pyrrole nitrogens is 1. The van der Waals surface area contributed by atoms with Crippen LogP contribution in [0.15, 0.2) is 29.4 Å². The molecule has 6 nitrogen and oxygen atoms in total. The lowest BCUT2D eigenvalue weighted by atomic mass is 9.69. The van der Waals surface area contributed by atoms with Crippen LogP contribution in [0.25, 0.3) is 11.4 Å². The highest BCUT2D eigenvalue weighted by molar-refractivity contribution is 7.99. The first-order valence-corrected chi connectivity index (χ1v) is 13.1. The van der Waals surface area contributed by atoms with Crippen LogP contribution < -0.4 is 5.32 Å². The highest BCUT2D eigenvalue weighted by Gasteiger charge is 2.34. The van der Waals surface area contributed by atoms with Gasteiger partial charge in [0.2, 0.25) is 11.1 Å². The van der Waals surface area contributed by atoms with E-state index >= 15 is 0 Å². The molecule has 0 aliphatic heterocycles. The Kier molecular flexibility index (Phi) is 7.13. The number of nitrogens with one attached hydrogen (secondary N) is 2. The molecule has 0 bridgehead atoms. The molecule has 0 unspecified atom stereocenters. The fraction of sp³-hybridized carbons (Fsp3) is 0.417. The molecule has 1 aromatic carbocycles. The van der Waals surface area contributed by atoms with Crippen LogP contribution in [0.5, 0.6) is 0 Å². The number of rotatable bonds is 7. The number of nitriles is 1. The Morgan fingerprint density at radius 3 is 2.85 bits per heavy atom. The lowest BCUT2D eigenvalue weighted by Gasteiger charge is -2.36. The molecule has 0 saturated carbocycles. The van der Waals surface area contributed by atoms with Gasteiger partial charge in [0.1, 0.15) is 11.1 Å². The predicted molar refractivity (Wildman–Crippen MR) is 135 cm³/mol. The Labute approximate surface area is 207 Å². The Hall–Kier alpha value is -2.34. The van der Waals surface area contributed by atoms with E-state index in [1.54, 1.807) is 23.5 Å². The monoisotopic (exact) mass is 499 g/mol. The highest BCUT2D eigenvalue weighted by atomic mass is 35.5. The number of aromatic nitrogens is 3. The molecule has 172 valence electrons. The van der Waals surface area contributed by atoms with Gasteiger partial charge in [-0.15, -0.1) is 16.4 Å². The van der Waals surface area contributed by atoms with Gasteiger partial charge in [-0.2, -0.15) is 5.26 Å². The normalized spacial score (nSPS) is 15.7. The number of fused-ring (bicyclic) bond motifs is 1. The summed E-state index contributed by atoms with van der Waals surface area (Å²) in [4.78, 5) is 18.3. The number of nitrogens with zero attached hydrogens (tertiary/aromatic N) is 3. The zero-order chi connectivity index (χ0) is 23.6. The molecular weight excluding hydrogens is 474 g/mol. The first-order valence-electron chi connectivity index (χ1n) is 11.0. The maximum Gasteiger partial charge on any atom is 0.235 e. The number of carbonyl (C=O) groups excluding carboxylic acids is 1. The van der Waals surface area contributed by atoms with Crippen LogP contribution in [0.1, 0.15) is 49.6 Å². The van der Waals surface area contributed by atoms with Gasteiger partial charge >= 0.3 is 0 Å². The van der Waals surface area contributed by atoms with E-state index in [9.17, 15) is 10.1 Å². The molecule has 1 aliphatic carbocycles. The first kappa shape index (κ1) is 23.8. The third kappa shape index (κ3) is 5.26. The van der Waals surface area contributed by atoms with Crippen molar-refractivity contribution in [1.29, 1.82) is 5.26 Å². The van der Waals surface area contributed by atoms with Crippen LogP contribution >= 0.6 is 34.7 Å². The third-order valence-electron chi connectivity index (χ3n) is 6.56. The van der Waals surface area contributed by atoms with Crippen molar-refractivity contribution in [2.24, 2.45) is 11.3 Å². The Balaban J connectivity index is 1.39. The molecule has 0 spiro atoms. The maximum atomic E-state index is 12.6. The predicted octanol–water partition coefficient (Wildman–Crippen LogP) is 6.33. The maximum absolute atomic E-state index is 12.6. The summed E-state index contributed by atoms with van der Waals surface area (Å²) in [6.07, 6.45) is 4.09. The van der Waals surface area contributed by atoms with Crippen molar-refractivity contribution in [3.8, 4) is 17.5 Å². The van der Waals surface area contributed by atoms with Gasteiger partial charge in [-0.3, -0.25) is 9.89 Å². The number of thiophene rings is 1. The molecule has 33 heavy (non-hydrogen) atoms. The van der Waals surface area contributed by atoms with Gasteiger partial charge in [0.25, 0.3) is 0 Å². The lowest BCUT2D eigenvalue weighted by molar-refractivity contribution is -0.113. The van der Waals surface area contributed by atoms with Crippen LogP contribution in [0.3, 0.4) is 0 Å². The van der Waals surface area contributed by atoms with E-state index in [-0.39, 0.29) is 17.1 Å². The number of hydrogen-bond donors (Lipinski definition) is 2. The van der Waals surface area contributed by atoms with Crippen LogP contribution in [0.2, 0.25) is 5.02 Å². The molecule has 3 aromatic rings. The number of anilines is 1. The number of thioether (sulfide) groups is 1. The molecule has 2 heterocycles. The Morgan fingerprint density at radius 1 is 1.39 bits per heavy atom. The molecule has 2 N–H and O–H groups in total. The number of carbonyl (C=O) groups is 1.